The molecule has 3 rings (SSSR count). The number of halogens is 1. The second-order valence-electron chi connectivity index (χ2n) is 7.34. The van der Waals surface area contributed by atoms with E-state index in [9.17, 15) is 18.8 Å². The molecule has 1 aliphatic rings. The highest BCUT2D eigenvalue weighted by Gasteiger charge is 2.32. The standard InChI is InChI=1S/C22H23FN2O3/c1-13(2)25-12-18(11-21(25)27)24-22(28)16-6-4-15(5-7-16)19-10-17(14(3)26)8-9-20(19)23/h4-10,13,18H,11-12H2,1-3H3,(H,24,28). The second-order valence-corrected chi connectivity index (χ2v) is 7.34. The molecule has 1 N–H and O–H groups in total. The fourth-order valence-electron chi connectivity index (χ4n) is 3.36. The van der Waals surface area contributed by atoms with Crippen LogP contribution in [0.3, 0.4) is 0 Å². The molecular weight excluding hydrogens is 359 g/mol. The number of likely N-dealkylation sites (tertiary alicyclic amines) is 1. The summed E-state index contributed by atoms with van der Waals surface area (Å²) in [5.41, 5.74) is 1.76. The number of rotatable bonds is 5. The maximum atomic E-state index is 14.2. The summed E-state index contributed by atoms with van der Waals surface area (Å²) in [6.45, 7) is 5.82. The highest BCUT2D eigenvalue weighted by molar-refractivity contribution is 5.96. The molecule has 1 heterocycles. The van der Waals surface area contributed by atoms with Crippen molar-refractivity contribution in [1.29, 1.82) is 0 Å². The molecule has 0 saturated carbocycles. The van der Waals surface area contributed by atoms with Crippen LogP contribution in [0, 0.1) is 5.82 Å². The minimum Gasteiger partial charge on any atom is -0.347 e. The Morgan fingerprint density at radius 3 is 2.32 bits per heavy atom. The van der Waals surface area contributed by atoms with Gasteiger partial charge in [0.2, 0.25) is 5.91 Å². The number of carbonyl (C=O) groups is 3. The van der Waals surface area contributed by atoms with Crippen LogP contribution in [0.15, 0.2) is 42.5 Å². The maximum absolute atomic E-state index is 14.2. The Bertz CT molecular complexity index is 922. The fourth-order valence-corrected chi connectivity index (χ4v) is 3.36. The summed E-state index contributed by atoms with van der Waals surface area (Å²) in [6.07, 6.45) is 0.297. The van der Waals surface area contributed by atoms with E-state index in [2.05, 4.69) is 5.32 Å². The second kappa shape index (κ2) is 7.92. The number of hydrogen-bond donors (Lipinski definition) is 1. The van der Waals surface area contributed by atoms with Gasteiger partial charge in [-0.15, -0.1) is 0 Å². The maximum Gasteiger partial charge on any atom is 0.251 e. The Morgan fingerprint density at radius 1 is 1.11 bits per heavy atom. The van der Waals surface area contributed by atoms with Gasteiger partial charge in [-0.1, -0.05) is 12.1 Å². The van der Waals surface area contributed by atoms with Gasteiger partial charge in [-0.2, -0.15) is 0 Å². The number of benzene rings is 2. The first-order valence-corrected chi connectivity index (χ1v) is 9.27. The molecule has 0 bridgehead atoms. The molecule has 146 valence electrons. The lowest BCUT2D eigenvalue weighted by molar-refractivity contribution is -0.129. The Morgan fingerprint density at radius 2 is 1.75 bits per heavy atom. The molecule has 2 amide bonds. The third-order valence-corrected chi connectivity index (χ3v) is 4.95. The minimum absolute atomic E-state index is 0.0384. The van der Waals surface area contributed by atoms with E-state index in [1.807, 2.05) is 13.8 Å². The number of amides is 2. The van der Waals surface area contributed by atoms with E-state index < -0.39 is 5.82 Å². The van der Waals surface area contributed by atoms with Crippen LogP contribution in [-0.2, 0) is 4.79 Å². The number of Topliss-reactive ketones (excluding diaryl/α,β-unsaturated/α-hetero) is 1. The fraction of sp³-hybridized carbons (Fsp3) is 0.318. The predicted molar refractivity (Wildman–Crippen MR) is 105 cm³/mol. The largest absolute Gasteiger partial charge is 0.347 e. The average molecular weight is 382 g/mol. The van der Waals surface area contributed by atoms with Crippen molar-refractivity contribution in [3.63, 3.8) is 0 Å². The Hall–Kier alpha value is -3.02. The van der Waals surface area contributed by atoms with Gasteiger partial charge in [0.05, 0.1) is 6.04 Å². The van der Waals surface area contributed by atoms with Gasteiger partial charge in [-0.25, -0.2) is 4.39 Å². The van der Waals surface area contributed by atoms with Gasteiger partial charge in [0.15, 0.2) is 5.78 Å². The molecule has 5 nitrogen and oxygen atoms in total. The molecule has 0 radical (unpaired) electrons. The van der Waals surface area contributed by atoms with Crippen molar-refractivity contribution >= 4 is 17.6 Å². The zero-order chi connectivity index (χ0) is 20.4. The first-order valence-electron chi connectivity index (χ1n) is 9.27. The van der Waals surface area contributed by atoms with Crippen molar-refractivity contribution in [3.8, 4) is 11.1 Å². The summed E-state index contributed by atoms with van der Waals surface area (Å²) in [4.78, 5) is 37.7. The first-order chi connectivity index (χ1) is 13.3. The predicted octanol–water partition coefficient (Wildman–Crippen LogP) is 3.43. The molecule has 1 atom stereocenters. The normalized spacial score (nSPS) is 16.5. The third kappa shape index (κ3) is 4.11. The van der Waals surface area contributed by atoms with E-state index in [0.717, 1.165) is 0 Å². The number of nitrogens with one attached hydrogen (secondary N) is 1. The summed E-state index contributed by atoms with van der Waals surface area (Å²) in [5.74, 6) is -0.802. The topological polar surface area (TPSA) is 66.5 Å². The quantitative estimate of drug-likeness (QED) is 0.806. The minimum atomic E-state index is -0.430. The lowest BCUT2D eigenvalue weighted by atomic mass is 9.99. The summed E-state index contributed by atoms with van der Waals surface area (Å²) in [7, 11) is 0. The molecule has 1 aliphatic heterocycles. The van der Waals surface area contributed by atoms with Crippen LogP contribution >= 0.6 is 0 Å². The van der Waals surface area contributed by atoms with Crippen LogP contribution in [-0.4, -0.2) is 41.1 Å². The number of ketones is 1. The molecule has 28 heavy (non-hydrogen) atoms. The molecule has 0 spiro atoms. The molecule has 0 aromatic heterocycles. The molecular formula is C22H23FN2O3. The molecule has 0 aliphatic carbocycles. The SMILES string of the molecule is CC(=O)c1ccc(F)c(-c2ccc(C(=O)NC3CC(=O)N(C(C)C)C3)cc2)c1. The van der Waals surface area contributed by atoms with Crippen molar-refractivity contribution in [2.45, 2.75) is 39.3 Å². The number of nitrogens with zero attached hydrogens (tertiary/aromatic N) is 1. The Labute approximate surface area is 163 Å². The number of hydrogen-bond acceptors (Lipinski definition) is 3. The number of carbonyl (C=O) groups excluding carboxylic acids is 3. The molecule has 6 heteroatoms. The van der Waals surface area contributed by atoms with Gasteiger partial charge >= 0.3 is 0 Å². The summed E-state index contributed by atoms with van der Waals surface area (Å²) in [5, 5.41) is 2.88. The summed E-state index contributed by atoms with van der Waals surface area (Å²) < 4.78 is 14.2. The molecule has 1 saturated heterocycles. The van der Waals surface area contributed by atoms with Crippen molar-refractivity contribution in [2.75, 3.05) is 6.54 Å². The van der Waals surface area contributed by atoms with Crippen molar-refractivity contribution in [1.82, 2.24) is 10.2 Å². The van der Waals surface area contributed by atoms with Crippen LogP contribution in [0.2, 0.25) is 0 Å². The zero-order valence-electron chi connectivity index (χ0n) is 16.2. The van der Waals surface area contributed by atoms with Crippen molar-refractivity contribution < 1.29 is 18.8 Å². The first kappa shape index (κ1) is 19.7. The van der Waals surface area contributed by atoms with Crippen LogP contribution < -0.4 is 5.32 Å². The van der Waals surface area contributed by atoms with E-state index in [4.69, 9.17) is 0 Å². The molecule has 2 aromatic carbocycles. The highest BCUT2D eigenvalue weighted by atomic mass is 19.1. The van der Waals surface area contributed by atoms with E-state index >= 15 is 0 Å². The van der Waals surface area contributed by atoms with Crippen molar-refractivity contribution in [2.24, 2.45) is 0 Å². The molecule has 1 unspecified atom stereocenters. The van der Waals surface area contributed by atoms with Crippen molar-refractivity contribution in [3.05, 3.63) is 59.4 Å². The Balaban J connectivity index is 1.73. The van der Waals surface area contributed by atoms with Crippen LogP contribution in [0.5, 0.6) is 0 Å². The monoisotopic (exact) mass is 382 g/mol. The lowest BCUT2D eigenvalue weighted by Crippen LogP contribution is -2.38. The third-order valence-electron chi connectivity index (χ3n) is 4.95. The Kier molecular flexibility index (Phi) is 5.58. The van der Waals surface area contributed by atoms with Gasteiger partial charge < -0.3 is 10.2 Å². The lowest BCUT2D eigenvalue weighted by Gasteiger charge is -2.21. The summed E-state index contributed by atoms with van der Waals surface area (Å²) in [6, 6.07) is 10.6. The highest BCUT2D eigenvalue weighted by Crippen LogP contribution is 2.25. The zero-order valence-corrected chi connectivity index (χ0v) is 16.2. The van der Waals surface area contributed by atoms with Crippen LogP contribution in [0.1, 0.15) is 47.9 Å². The molecule has 1 fully saturated rings. The van der Waals surface area contributed by atoms with E-state index in [1.165, 1.54) is 25.1 Å². The van der Waals surface area contributed by atoms with Gasteiger partial charge in [-0.3, -0.25) is 14.4 Å². The average Bonchev–Trinajstić information content (AvgIpc) is 3.02. The van der Waals surface area contributed by atoms with Gasteiger partial charge in [-0.05, 0) is 56.7 Å². The summed E-state index contributed by atoms with van der Waals surface area (Å²) >= 11 is 0. The van der Waals surface area contributed by atoms with E-state index in [1.54, 1.807) is 29.2 Å². The van der Waals surface area contributed by atoms with Gasteiger partial charge in [0.1, 0.15) is 5.82 Å². The van der Waals surface area contributed by atoms with Crippen LogP contribution in [0.4, 0.5) is 4.39 Å². The van der Waals surface area contributed by atoms with Crippen LogP contribution in [0.25, 0.3) is 11.1 Å². The van der Waals surface area contributed by atoms with Gasteiger partial charge in [0.25, 0.3) is 5.91 Å². The van der Waals surface area contributed by atoms with Gasteiger partial charge in [0, 0.05) is 35.7 Å². The van der Waals surface area contributed by atoms with E-state index in [-0.39, 0.29) is 29.7 Å². The smallest absolute Gasteiger partial charge is 0.251 e. The van der Waals surface area contributed by atoms with E-state index in [0.29, 0.717) is 35.2 Å². The molecule has 2 aromatic rings.